The van der Waals surface area contributed by atoms with E-state index in [1.165, 1.54) is 62.5 Å². The normalized spacial score (nSPS) is 13.1. The highest BCUT2D eigenvalue weighted by molar-refractivity contribution is 6.14. The first kappa shape index (κ1) is 28.8. The third kappa shape index (κ3) is 6.23. The quantitative estimate of drug-likeness (QED) is 0.303. The third-order valence-corrected chi connectivity index (χ3v) is 5.73. The maximum Gasteiger partial charge on any atom is 0.414 e. The predicted octanol–water partition coefficient (Wildman–Crippen LogP) is 4.19. The molecule has 0 bridgehead atoms. The fourth-order valence-electron chi connectivity index (χ4n) is 4.01. The third-order valence-electron chi connectivity index (χ3n) is 5.73. The van der Waals surface area contributed by atoms with Gasteiger partial charge in [-0.3, -0.25) is 9.69 Å². The predicted molar refractivity (Wildman–Crippen MR) is 143 cm³/mol. The van der Waals surface area contributed by atoms with E-state index in [-0.39, 0.29) is 29.9 Å². The molecule has 0 radical (unpaired) electrons. The van der Waals surface area contributed by atoms with Crippen molar-refractivity contribution < 1.29 is 38.1 Å². The first-order chi connectivity index (χ1) is 18.5. The van der Waals surface area contributed by atoms with Gasteiger partial charge in [-0.05, 0) is 62.7 Å². The van der Waals surface area contributed by atoms with Gasteiger partial charge in [0.15, 0.2) is 11.5 Å². The fraction of sp³-hybridized carbons (Fsp3) is 0.357. The summed E-state index contributed by atoms with van der Waals surface area (Å²) in [7, 11) is 5.64. The number of carbonyl (C=O) groups is 3. The Hall–Kier alpha value is -4.72. The first-order valence-electron chi connectivity index (χ1n) is 11.9. The molecule has 0 saturated carbocycles. The number of nitrogens with zero attached hydrogens (tertiary/aromatic N) is 3. The van der Waals surface area contributed by atoms with Crippen molar-refractivity contribution in [2.45, 2.75) is 26.4 Å². The van der Waals surface area contributed by atoms with Crippen LogP contribution in [0.3, 0.4) is 0 Å². The molecular formula is C28H31N3O8. The van der Waals surface area contributed by atoms with Crippen LogP contribution >= 0.6 is 0 Å². The van der Waals surface area contributed by atoms with Crippen LogP contribution in [0.5, 0.6) is 17.2 Å². The van der Waals surface area contributed by atoms with E-state index in [0.717, 1.165) is 0 Å². The number of hydrogen-bond acceptors (Lipinski definition) is 9. The van der Waals surface area contributed by atoms with Crippen LogP contribution in [0.1, 0.15) is 36.7 Å². The second-order valence-electron chi connectivity index (χ2n) is 9.41. The summed E-state index contributed by atoms with van der Waals surface area (Å²) in [5, 5.41) is 9.91. The molecule has 0 aliphatic carbocycles. The minimum Gasteiger partial charge on any atom is -0.493 e. The van der Waals surface area contributed by atoms with Gasteiger partial charge in [-0.2, -0.15) is 5.26 Å². The number of methoxy groups -OCH3 is 4. The Kier molecular flexibility index (Phi) is 8.71. The van der Waals surface area contributed by atoms with Crippen molar-refractivity contribution in [3.05, 3.63) is 47.0 Å². The van der Waals surface area contributed by atoms with Gasteiger partial charge in [0.25, 0.3) is 5.91 Å². The minimum atomic E-state index is -0.763. The molecule has 0 N–H and O–H groups in total. The van der Waals surface area contributed by atoms with E-state index in [0.29, 0.717) is 28.5 Å². The molecule has 2 aromatic rings. The van der Waals surface area contributed by atoms with Crippen LogP contribution in [0.25, 0.3) is 6.08 Å². The van der Waals surface area contributed by atoms with Gasteiger partial charge in [0.1, 0.15) is 17.2 Å². The smallest absolute Gasteiger partial charge is 0.414 e. The van der Waals surface area contributed by atoms with Crippen LogP contribution in [0, 0.1) is 11.3 Å². The van der Waals surface area contributed by atoms with E-state index >= 15 is 0 Å². The van der Waals surface area contributed by atoms with Gasteiger partial charge in [0, 0.05) is 13.1 Å². The highest BCUT2D eigenvalue weighted by Gasteiger charge is 2.34. The van der Waals surface area contributed by atoms with E-state index in [1.54, 1.807) is 32.9 Å². The van der Waals surface area contributed by atoms with E-state index in [9.17, 15) is 19.6 Å². The summed E-state index contributed by atoms with van der Waals surface area (Å²) in [6.07, 6.45) is 0.779. The van der Waals surface area contributed by atoms with Gasteiger partial charge < -0.3 is 28.6 Å². The average Bonchev–Trinajstić information content (AvgIpc) is 2.92. The van der Waals surface area contributed by atoms with Gasteiger partial charge in [-0.1, -0.05) is 0 Å². The number of rotatable bonds is 6. The molecule has 3 rings (SSSR count). The molecule has 0 unspecified atom stereocenters. The molecule has 0 atom stereocenters. The molecule has 2 aromatic carbocycles. The molecule has 1 aliphatic heterocycles. The Morgan fingerprint density at radius 1 is 0.897 bits per heavy atom. The Morgan fingerprint density at radius 3 is 2.03 bits per heavy atom. The van der Waals surface area contributed by atoms with Crippen LogP contribution in [-0.4, -0.2) is 65.1 Å². The molecule has 11 nitrogen and oxygen atoms in total. The van der Waals surface area contributed by atoms with E-state index < -0.39 is 23.6 Å². The number of benzene rings is 2. The summed E-state index contributed by atoms with van der Waals surface area (Å²) in [5.41, 5.74) is 0.336. The molecule has 11 heteroatoms. The largest absolute Gasteiger partial charge is 0.493 e. The Labute approximate surface area is 227 Å². The lowest BCUT2D eigenvalue weighted by Gasteiger charge is -2.37. The molecule has 2 amide bonds. The van der Waals surface area contributed by atoms with Gasteiger partial charge in [-0.25, -0.2) is 9.59 Å². The summed E-state index contributed by atoms with van der Waals surface area (Å²) in [6, 6.07) is 9.67. The molecule has 0 saturated heterocycles. The standard InChI is InChI=1S/C28H31N3O8/c1-28(2,3)39-27(34)31-11-10-30(20-9-8-18(15-21(20)31)26(33)38-7)25(32)19(16-29)12-17-13-22(35-4)24(37-6)23(14-17)36-5/h8-9,12-15H,10-11H2,1-7H3. The van der Waals surface area contributed by atoms with Crippen LogP contribution in [0.2, 0.25) is 0 Å². The number of ether oxygens (including phenoxy) is 5. The van der Waals surface area contributed by atoms with Crippen LogP contribution < -0.4 is 24.0 Å². The van der Waals surface area contributed by atoms with Gasteiger partial charge in [0.2, 0.25) is 5.75 Å². The maximum absolute atomic E-state index is 13.6. The number of carbonyl (C=O) groups excluding carboxylic acids is 3. The number of hydrogen-bond donors (Lipinski definition) is 0. The van der Waals surface area contributed by atoms with Crippen LogP contribution in [-0.2, 0) is 14.3 Å². The van der Waals surface area contributed by atoms with Crippen LogP contribution in [0.15, 0.2) is 35.9 Å². The molecule has 206 valence electrons. The number of anilines is 2. The van der Waals surface area contributed by atoms with Crippen LogP contribution in [0.4, 0.5) is 16.2 Å². The van der Waals surface area contributed by atoms with Crippen molar-refractivity contribution in [2.24, 2.45) is 0 Å². The molecule has 1 heterocycles. The van der Waals surface area contributed by atoms with Gasteiger partial charge in [0.05, 0.1) is 45.4 Å². The lowest BCUT2D eigenvalue weighted by atomic mass is 10.1. The number of amides is 2. The molecule has 1 aliphatic rings. The maximum atomic E-state index is 13.6. The summed E-state index contributed by atoms with van der Waals surface area (Å²) in [6.45, 7) is 5.37. The highest BCUT2D eigenvalue weighted by Crippen LogP contribution is 2.39. The van der Waals surface area contributed by atoms with E-state index in [1.807, 2.05) is 6.07 Å². The van der Waals surface area contributed by atoms with Crippen molar-refractivity contribution in [3.63, 3.8) is 0 Å². The Balaban J connectivity index is 2.07. The van der Waals surface area contributed by atoms with Crippen molar-refractivity contribution in [3.8, 4) is 23.3 Å². The molecule has 0 fully saturated rings. The van der Waals surface area contributed by atoms with Crippen molar-refractivity contribution in [1.29, 1.82) is 5.26 Å². The fourth-order valence-corrected chi connectivity index (χ4v) is 4.01. The number of nitriles is 1. The van der Waals surface area contributed by atoms with E-state index in [4.69, 9.17) is 23.7 Å². The second-order valence-corrected chi connectivity index (χ2v) is 9.41. The molecule has 0 aromatic heterocycles. The SMILES string of the molecule is COC(=O)c1ccc2c(c1)N(C(=O)OC(C)(C)C)CCN2C(=O)C(C#N)=Cc1cc(OC)c(OC)c(OC)c1. The topological polar surface area (TPSA) is 128 Å². The monoisotopic (exact) mass is 537 g/mol. The average molecular weight is 538 g/mol. The highest BCUT2D eigenvalue weighted by atomic mass is 16.6. The zero-order chi connectivity index (χ0) is 28.9. The second kappa shape index (κ2) is 11.8. The Morgan fingerprint density at radius 2 is 1.51 bits per heavy atom. The molecule has 39 heavy (non-hydrogen) atoms. The van der Waals surface area contributed by atoms with E-state index in [2.05, 4.69) is 0 Å². The number of fused-ring (bicyclic) bond motifs is 1. The summed E-state index contributed by atoms with van der Waals surface area (Å²) >= 11 is 0. The lowest BCUT2D eigenvalue weighted by Crippen LogP contribution is -2.48. The zero-order valence-electron chi connectivity index (χ0n) is 23.0. The lowest BCUT2D eigenvalue weighted by molar-refractivity contribution is -0.114. The Bertz CT molecular complexity index is 1330. The first-order valence-corrected chi connectivity index (χ1v) is 11.9. The van der Waals surface area contributed by atoms with Gasteiger partial charge >= 0.3 is 12.1 Å². The van der Waals surface area contributed by atoms with Crippen molar-refractivity contribution >= 4 is 35.4 Å². The summed E-state index contributed by atoms with van der Waals surface area (Å²) < 4.78 is 26.4. The zero-order valence-corrected chi connectivity index (χ0v) is 23.0. The summed E-state index contributed by atoms with van der Waals surface area (Å²) in [5.74, 6) is -0.109. The molecular weight excluding hydrogens is 506 g/mol. The minimum absolute atomic E-state index is 0.0706. The molecule has 0 spiro atoms. The summed E-state index contributed by atoms with van der Waals surface area (Å²) in [4.78, 5) is 41.6. The van der Waals surface area contributed by atoms with Gasteiger partial charge in [-0.15, -0.1) is 0 Å². The van der Waals surface area contributed by atoms with Crippen molar-refractivity contribution in [1.82, 2.24) is 0 Å². The van der Waals surface area contributed by atoms with Crippen molar-refractivity contribution in [2.75, 3.05) is 51.3 Å². The number of esters is 1.